The average molecular weight is 221 g/mol. The van der Waals surface area contributed by atoms with E-state index in [0.717, 1.165) is 25.3 Å². The van der Waals surface area contributed by atoms with Gasteiger partial charge >= 0.3 is 0 Å². The van der Waals surface area contributed by atoms with Crippen molar-refractivity contribution in [2.45, 2.75) is 19.9 Å². The van der Waals surface area contributed by atoms with E-state index < -0.39 is 0 Å². The van der Waals surface area contributed by atoms with Gasteiger partial charge in [-0.05, 0) is 6.92 Å². The summed E-state index contributed by atoms with van der Waals surface area (Å²) in [5.41, 5.74) is 2.41. The molecule has 0 amide bonds. The summed E-state index contributed by atoms with van der Waals surface area (Å²) in [6, 6.07) is 0. The highest BCUT2D eigenvalue weighted by molar-refractivity contribution is 5.15. The van der Waals surface area contributed by atoms with E-state index in [0.29, 0.717) is 0 Å². The Hall–Kier alpha value is -1.69. The second kappa shape index (κ2) is 4.89. The highest BCUT2D eigenvalue weighted by Gasteiger charge is 2.03. The summed E-state index contributed by atoms with van der Waals surface area (Å²) in [6.07, 6.45) is 4.01. The highest BCUT2D eigenvalue weighted by atomic mass is 16.5. The lowest BCUT2D eigenvalue weighted by Crippen LogP contribution is -2.17. The molecule has 16 heavy (non-hydrogen) atoms. The number of rotatable bonds is 5. The summed E-state index contributed by atoms with van der Waals surface area (Å²) < 4.78 is 6.52. The fourth-order valence-electron chi connectivity index (χ4n) is 1.44. The molecule has 6 nitrogen and oxygen atoms in total. The van der Waals surface area contributed by atoms with Gasteiger partial charge in [0.15, 0.2) is 5.82 Å². The average Bonchev–Trinajstić information content (AvgIpc) is 2.88. The molecule has 0 unspecified atom stereocenters. The molecule has 0 fully saturated rings. The summed E-state index contributed by atoms with van der Waals surface area (Å²) in [5, 5.41) is 11.2. The van der Waals surface area contributed by atoms with Crippen molar-refractivity contribution in [1.29, 1.82) is 0 Å². The summed E-state index contributed by atoms with van der Waals surface area (Å²) in [7, 11) is 1.94. The first-order valence-electron chi connectivity index (χ1n) is 5.21. The zero-order chi connectivity index (χ0) is 11.4. The third kappa shape index (κ3) is 2.46. The molecule has 0 radical (unpaired) electrons. The highest BCUT2D eigenvalue weighted by Crippen LogP contribution is 2.04. The van der Waals surface area contributed by atoms with Crippen LogP contribution in [-0.4, -0.2) is 26.5 Å². The summed E-state index contributed by atoms with van der Waals surface area (Å²) in [4.78, 5) is 3.95. The molecule has 2 aromatic rings. The largest absolute Gasteiger partial charge is 0.343 e. The number of hydrogen-bond acceptors (Lipinski definition) is 5. The van der Waals surface area contributed by atoms with Crippen LogP contribution in [0.25, 0.3) is 0 Å². The molecule has 86 valence electrons. The molecular formula is C10H15N5O. The summed E-state index contributed by atoms with van der Waals surface area (Å²) >= 11 is 0. The monoisotopic (exact) mass is 221 g/mol. The first-order chi connectivity index (χ1) is 7.77. The lowest BCUT2D eigenvalue weighted by molar-refractivity contribution is 0.409. The second-order valence-corrected chi connectivity index (χ2v) is 3.65. The van der Waals surface area contributed by atoms with E-state index in [1.54, 1.807) is 0 Å². The van der Waals surface area contributed by atoms with Crippen molar-refractivity contribution < 1.29 is 4.52 Å². The van der Waals surface area contributed by atoms with E-state index in [1.165, 1.54) is 17.7 Å². The molecule has 0 aliphatic carbocycles. The minimum atomic E-state index is 0.732. The minimum Gasteiger partial charge on any atom is -0.343 e. The summed E-state index contributed by atoms with van der Waals surface area (Å²) in [6.45, 7) is 3.70. The Balaban J connectivity index is 1.74. The van der Waals surface area contributed by atoms with E-state index in [4.69, 9.17) is 0 Å². The van der Waals surface area contributed by atoms with E-state index in [1.807, 2.05) is 17.9 Å². The van der Waals surface area contributed by atoms with Crippen molar-refractivity contribution in [3.8, 4) is 0 Å². The molecule has 0 spiro atoms. The van der Waals surface area contributed by atoms with Gasteiger partial charge in [-0.2, -0.15) is 10.1 Å². The molecule has 1 N–H and O–H groups in total. The van der Waals surface area contributed by atoms with Crippen LogP contribution >= 0.6 is 0 Å². The van der Waals surface area contributed by atoms with Gasteiger partial charge in [0.25, 0.3) is 0 Å². The molecule has 2 rings (SSSR count). The molecule has 6 heteroatoms. The fraction of sp³-hybridized carbons (Fsp3) is 0.500. The Kier molecular flexibility index (Phi) is 3.31. The van der Waals surface area contributed by atoms with Crippen LogP contribution in [0.15, 0.2) is 17.1 Å². The number of nitrogens with one attached hydrogen (secondary N) is 1. The van der Waals surface area contributed by atoms with Crippen molar-refractivity contribution in [1.82, 2.24) is 25.2 Å². The maximum absolute atomic E-state index is 4.65. The van der Waals surface area contributed by atoms with Crippen LogP contribution in [0.5, 0.6) is 0 Å². The van der Waals surface area contributed by atoms with Crippen LogP contribution in [0.3, 0.4) is 0 Å². The zero-order valence-corrected chi connectivity index (χ0v) is 9.47. The molecule has 0 aliphatic heterocycles. The van der Waals surface area contributed by atoms with E-state index in [-0.39, 0.29) is 0 Å². The fourth-order valence-corrected chi connectivity index (χ4v) is 1.44. The number of aryl methyl sites for hydroxylation is 1. The summed E-state index contributed by atoms with van der Waals surface area (Å²) in [5.74, 6) is 0.732. The quantitative estimate of drug-likeness (QED) is 0.742. The first-order valence-corrected chi connectivity index (χ1v) is 5.21. The molecule has 0 aliphatic rings. The predicted octanol–water partition coefficient (Wildman–Crippen LogP) is 0.444. The van der Waals surface area contributed by atoms with Crippen molar-refractivity contribution in [2.24, 2.45) is 7.05 Å². The molecule has 0 bridgehead atoms. The lowest BCUT2D eigenvalue weighted by atomic mass is 10.2. The predicted molar refractivity (Wildman–Crippen MR) is 57.7 cm³/mol. The van der Waals surface area contributed by atoms with Gasteiger partial charge in [-0.25, -0.2) is 0 Å². The Morgan fingerprint density at radius 1 is 1.50 bits per heavy atom. The van der Waals surface area contributed by atoms with Crippen LogP contribution in [0, 0.1) is 6.92 Å². The normalized spacial score (nSPS) is 10.9. The SMILES string of the molecule is Cc1c(CNCCc2ncon2)cnn1C. The third-order valence-electron chi connectivity index (χ3n) is 2.58. The van der Waals surface area contributed by atoms with Gasteiger partial charge in [-0.15, -0.1) is 0 Å². The molecule has 0 saturated carbocycles. The van der Waals surface area contributed by atoms with Crippen molar-refractivity contribution in [3.05, 3.63) is 29.7 Å². The van der Waals surface area contributed by atoms with Gasteiger partial charge in [0.2, 0.25) is 6.39 Å². The molecule has 0 saturated heterocycles. The number of nitrogens with zero attached hydrogens (tertiary/aromatic N) is 4. The van der Waals surface area contributed by atoms with Crippen LogP contribution < -0.4 is 5.32 Å². The standard InChI is InChI=1S/C10H15N5O/c1-8-9(6-13-15(8)2)5-11-4-3-10-12-7-16-14-10/h6-7,11H,3-5H2,1-2H3. The third-order valence-corrected chi connectivity index (χ3v) is 2.58. The zero-order valence-electron chi connectivity index (χ0n) is 9.47. The van der Waals surface area contributed by atoms with E-state index in [2.05, 4.69) is 32.0 Å². The lowest BCUT2D eigenvalue weighted by Gasteiger charge is -2.02. The molecule has 2 aromatic heterocycles. The Labute approximate surface area is 93.7 Å². The number of aromatic nitrogens is 4. The Bertz CT molecular complexity index is 434. The van der Waals surface area contributed by atoms with Gasteiger partial charge in [-0.3, -0.25) is 4.68 Å². The molecule has 0 aromatic carbocycles. The maximum atomic E-state index is 4.65. The molecule has 0 atom stereocenters. The first kappa shape index (κ1) is 10.8. The smallest absolute Gasteiger partial charge is 0.213 e. The van der Waals surface area contributed by atoms with Crippen molar-refractivity contribution >= 4 is 0 Å². The Morgan fingerprint density at radius 3 is 3.00 bits per heavy atom. The Morgan fingerprint density at radius 2 is 2.38 bits per heavy atom. The van der Waals surface area contributed by atoms with E-state index >= 15 is 0 Å². The van der Waals surface area contributed by atoms with Gasteiger partial charge < -0.3 is 9.84 Å². The topological polar surface area (TPSA) is 68.8 Å². The second-order valence-electron chi connectivity index (χ2n) is 3.65. The van der Waals surface area contributed by atoms with Gasteiger partial charge in [0.05, 0.1) is 6.20 Å². The van der Waals surface area contributed by atoms with Crippen molar-refractivity contribution in [3.63, 3.8) is 0 Å². The minimum absolute atomic E-state index is 0.732. The number of hydrogen-bond donors (Lipinski definition) is 1. The van der Waals surface area contributed by atoms with Gasteiger partial charge in [-0.1, -0.05) is 5.16 Å². The van der Waals surface area contributed by atoms with Gasteiger partial charge in [0, 0.05) is 37.8 Å². The van der Waals surface area contributed by atoms with Crippen LogP contribution in [0.2, 0.25) is 0 Å². The van der Waals surface area contributed by atoms with Crippen LogP contribution in [-0.2, 0) is 20.0 Å². The van der Waals surface area contributed by atoms with Crippen LogP contribution in [0.1, 0.15) is 17.1 Å². The molecular weight excluding hydrogens is 206 g/mol. The molecule has 2 heterocycles. The maximum Gasteiger partial charge on any atom is 0.213 e. The van der Waals surface area contributed by atoms with Crippen molar-refractivity contribution in [2.75, 3.05) is 6.54 Å². The van der Waals surface area contributed by atoms with Gasteiger partial charge in [0.1, 0.15) is 0 Å². The van der Waals surface area contributed by atoms with Crippen LogP contribution in [0.4, 0.5) is 0 Å². The van der Waals surface area contributed by atoms with E-state index in [9.17, 15) is 0 Å².